The van der Waals surface area contributed by atoms with Crippen LogP contribution in [0.15, 0.2) is 0 Å². The van der Waals surface area contributed by atoms with Gasteiger partial charge in [-0.25, -0.2) is 0 Å². The molecule has 7 heteroatoms. The van der Waals surface area contributed by atoms with Gasteiger partial charge in [0.15, 0.2) is 0 Å². The zero-order chi connectivity index (χ0) is 15.8. The van der Waals surface area contributed by atoms with Crippen molar-refractivity contribution in [3.8, 4) is 0 Å². The first-order valence-corrected chi connectivity index (χ1v) is 8.47. The zero-order valence-corrected chi connectivity index (χ0v) is 14.1. The van der Waals surface area contributed by atoms with Crippen molar-refractivity contribution in [2.75, 3.05) is 19.6 Å². The summed E-state index contributed by atoms with van der Waals surface area (Å²) >= 11 is 0. The Morgan fingerprint density at radius 3 is 2.48 bits per heavy atom. The molecule has 2 N–H and O–H groups in total. The summed E-state index contributed by atoms with van der Waals surface area (Å²) in [6.45, 7) is 2.08. The number of alkyl halides is 3. The average molecular weight is 355 g/mol. The van der Waals surface area contributed by atoms with Crippen molar-refractivity contribution >= 4 is 18.3 Å². The highest BCUT2D eigenvalue weighted by Crippen LogP contribution is 2.58. The maximum absolute atomic E-state index is 13.1. The number of rotatable bonds is 3. The molecule has 3 nitrogen and oxygen atoms in total. The smallest absolute Gasteiger partial charge is 0.356 e. The van der Waals surface area contributed by atoms with Gasteiger partial charge < -0.3 is 10.6 Å². The molecule has 1 heterocycles. The van der Waals surface area contributed by atoms with Gasteiger partial charge in [0.1, 0.15) is 0 Å². The van der Waals surface area contributed by atoms with E-state index in [1.54, 1.807) is 0 Å². The first-order chi connectivity index (χ1) is 10.4. The van der Waals surface area contributed by atoms with E-state index in [0.29, 0.717) is 12.8 Å². The van der Waals surface area contributed by atoms with Gasteiger partial charge in [0.05, 0.1) is 5.92 Å². The maximum Gasteiger partial charge on any atom is 0.392 e. The van der Waals surface area contributed by atoms with Crippen molar-refractivity contribution in [1.82, 2.24) is 10.6 Å². The molecule has 1 amide bonds. The molecule has 23 heavy (non-hydrogen) atoms. The number of hydrogen-bond acceptors (Lipinski definition) is 2. The van der Waals surface area contributed by atoms with E-state index in [1.807, 2.05) is 0 Å². The Hall–Kier alpha value is -0.490. The molecule has 3 aliphatic rings. The molecular weight excluding hydrogens is 329 g/mol. The first-order valence-electron chi connectivity index (χ1n) is 8.47. The van der Waals surface area contributed by atoms with E-state index >= 15 is 0 Å². The van der Waals surface area contributed by atoms with Crippen LogP contribution in [0, 0.1) is 23.2 Å². The SMILES string of the molecule is Cl.O=C(NCC1CCCCC1C(F)(F)F)C1CC12CCNCC2. The van der Waals surface area contributed by atoms with Crippen LogP contribution < -0.4 is 10.6 Å². The Bertz CT molecular complexity index is 424. The van der Waals surface area contributed by atoms with Gasteiger partial charge in [-0.1, -0.05) is 12.8 Å². The van der Waals surface area contributed by atoms with Gasteiger partial charge in [-0.2, -0.15) is 13.2 Å². The third-order valence-electron chi connectivity index (χ3n) is 5.97. The van der Waals surface area contributed by atoms with Gasteiger partial charge in [-0.05, 0) is 56.5 Å². The standard InChI is InChI=1S/C16H25F3N2O.ClH/c17-16(18,19)12-4-2-1-3-11(12)10-21-14(22)13-9-15(13)5-7-20-8-6-15;/h11-13,20H,1-10H2,(H,21,22);1H. The van der Waals surface area contributed by atoms with E-state index in [2.05, 4.69) is 10.6 Å². The Labute approximate surface area is 141 Å². The monoisotopic (exact) mass is 354 g/mol. The molecule has 1 saturated heterocycles. The largest absolute Gasteiger partial charge is 0.392 e. The quantitative estimate of drug-likeness (QED) is 0.816. The third-order valence-corrected chi connectivity index (χ3v) is 5.97. The lowest BCUT2D eigenvalue weighted by molar-refractivity contribution is -0.195. The molecule has 2 saturated carbocycles. The van der Waals surface area contributed by atoms with E-state index in [9.17, 15) is 18.0 Å². The van der Waals surface area contributed by atoms with Gasteiger partial charge in [0.2, 0.25) is 5.91 Å². The van der Waals surface area contributed by atoms with Crippen molar-refractivity contribution in [1.29, 1.82) is 0 Å². The Balaban J connectivity index is 0.00000192. The van der Waals surface area contributed by atoms with Crippen LogP contribution in [0.25, 0.3) is 0 Å². The molecule has 0 aromatic carbocycles. The van der Waals surface area contributed by atoms with Gasteiger partial charge in [0, 0.05) is 12.5 Å². The molecule has 2 aliphatic carbocycles. The predicted molar refractivity (Wildman–Crippen MR) is 84.4 cm³/mol. The van der Waals surface area contributed by atoms with Crippen molar-refractivity contribution < 1.29 is 18.0 Å². The van der Waals surface area contributed by atoms with Crippen LogP contribution in [0.1, 0.15) is 44.9 Å². The lowest BCUT2D eigenvalue weighted by Gasteiger charge is -2.33. The molecular formula is C16H26ClF3N2O. The van der Waals surface area contributed by atoms with Crippen LogP contribution in [-0.4, -0.2) is 31.7 Å². The fourth-order valence-corrected chi connectivity index (χ4v) is 4.43. The number of carbonyl (C=O) groups is 1. The summed E-state index contributed by atoms with van der Waals surface area (Å²) in [5, 5.41) is 6.12. The van der Waals surface area contributed by atoms with E-state index in [-0.39, 0.29) is 42.6 Å². The minimum atomic E-state index is -4.13. The molecule has 0 bridgehead atoms. The van der Waals surface area contributed by atoms with Crippen LogP contribution >= 0.6 is 12.4 Å². The Kier molecular flexibility index (Phi) is 5.88. The van der Waals surface area contributed by atoms with E-state index in [1.165, 1.54) is 0 Å². The number of nitrogens with one attached hydrogen (secondary N) is 2. The van der Waals surface area contributed by atoms with E-state index in [0.717, 1.165) is 38.8 Å². The minimum absolute atomic E-state index is 0. The molecule has 3 unspecified atom stereocenters. The van der Waals surface area contributed by atoms with E-state index in [4.69, 9.17) is 0 Å². The summed E-state index contributed by atoms with van der Waals surface area (Å²) in [5.41, 5.74) is 0.144. The highest BCUT2D eigenvalue weighted by molar-refractivity contribution is 5.85. The normalized spacial score (nSPS) is 32.9. The van der Waals surface area contributed by atoms with Crippen molar-refractivity contribution in [2.45, 2.75) is 51.1 Å². The van der Waals surface area contributed by atoms with Crippen LogP contribution in [-0.2, 0) is 4.79 Å². The fraction of sp³-hybridized carbons (Fsp3) is 0.938. The molecule has 1 spiro atoms. The third kappa shape index (κ3) is 4.13. The molecule has 1 aliphatic heterocycles. The molecule has 0 aromatic rings. The highest BCUT2D eigenvalue weighted by atomic mass is 35.5. The Morgan fingerprint density at radius 2 is 1.83 bits per heavy atom. The van der Waals surface area contributed by atoms with Crippen molar-refractivity contribution in [2.24, 2.45) is 23.2 Å². The lowest BCUT2D eigenvalue weighted by atomic mass is 9.78. The number of hydrogen-bond donors (Lipinski definition) is 2. The van der Waals surface area contributed by atoms with Gasteiger partial charge in [0.25, 0.3) is 0 Å². The van der Waals surface area contributed by atoms with Gasteiger partial charge >= 0.3 is 6.18 Å². The fourth-order valence-electron chi connectivity index (χ4n) is 4.43. The summed E-state index contributed by atoms with van der Waals surface area (Å²) in [6, 6.07) is 0. The zero-order valence-electron chi connectivity index (χ0n) is 13.3. The number of piperidine rings is 1. The second-order valence-electron chi connectivity index (χ2n) is 7.31. The van der Waals surface area contributed by atoms with E-state index < -0.39 is 18.0 Å². The topological polar surface area (TPSA) is 41.1 Å². The minimum Gasteiger partial charge on any atom is -0.356 e. The average Bonchev–Trinajstić information content (AvgIpc) is 3.18. The molecule has 3 atom stereocenters. The summed E-state index contributed by atoms with van der Waals surface area (Å²) in [4.78, 5) is 12.3. The first kappa shape index (κ1) is 18.8. The van der Waals surface area contributed by atoms with Gasteiger partial charge in [-0.15, -0.1) is 12.4 Å². The lowest BCUT2D eigenvalue weighted by Crippen LogP contribution is -2.41. The van der Waals surface area contributed by atoms with Crippen molar-refractivity contribution in [3.05, 3.63) is 0 Å². The van der Waals surface area contributed by atoms with Crippen LogP contribution in [0.4, 0.5) is 13.2 Å². The highest BCUT2D eigenvalue weighted by Gasteiger charge is 2.57. The van der Waals surface area contributed by atoms with Crippen LogP contribution in [0.3, 0.4) is 0 Å². The number of amides is 1. The summed E-state index contributed by atoms with van der Waals surface area (Å²) in [5.74, 6) is -1.68. The van der Waals surface area contributed by atoms with Crippen LogP contribution in [0.5, 0.6) is 0 Å². The molecule has 0 aromatic heterocycles. The summed E-state index contributed by atoms with van der Waals surface area (Å²) in [6.07, 6.45) is 1.08. The Morgan fingerprint density at radius 1 is 1.17 bits per heavy atom. The summed E-state index contributed by atoms with van der Waals surface area (Å²) < 4.78 is 39.2. The second kappa shape index (κ2) is 7.18. The molecule has 134 valence electrons. The second-order valence-corrected chi connectivity index (χ2v) is 7.31. The number of carbonyl (C=O) groups excluding carboxylic acids is 1. The predicted octanol–water partition coefficient (Wildman–Crippen LogP) is 3.28. The molecule has 0 radical (unpaired) electrons. The van der Waals surface area contributed by atoms with Crippen LogP contribution in [0.2, 0.25) is 0 Å². The molecule has 3 rings (SSSR count). The maximum atomic E-state index is 13.1. The number of halogens is 4. The van der Waals surface area contributed by atoms with Crippen molar-refractivity contribution in [3.63, 3.8) is 0 Å². The summed E-state index contributed by atoms with van der Waals surface area (Å²) in [7, 11) is 0. The van der Waals surface area contributed by atoms with Gasteiger partial charge in [-0.3, -0.25) is 4.79 Å². The molecule has 3 fully saturated rings.